The zero-order valence-electron chi connectivity index (χ0n) is 30.3. The normalized spacial score (nSPS) is 44.0. The molecule has 6 fully saturated rings. The van der Waals surface area contributed by atoms with Crippen molar-refractivity contribution in [2.75, 3.05) is 26.7 Å². The van der Waals surface area contributed by atoms with Gasteiger partial charge < -0.3 is 29.5 Å². The topological polar surface area (TPSA) is 97.3 Å². The summed E-state index contributed by atoms with van der Waals surface area (Å²) in [6.45, 7) is 20.3. The van der Waals surface area contributed by atoms with E-state index < -0.39 is 0 Å². The van der Waals surface area contributed by atoms with Crippen molar-refractivity contribution in [3.63, 3.8) is 0 Å². The minimum atomic E-state index is -0.384. The number of ether oxygens (including phenoxy) is 3. The van der Waals surface area contributed by atoms with Crippen molar-refractivity contribution in [2.24, 2.45) is 56.7 Å². The van der Waals surface area contributed by atoms with Crippen LogP contribution in [0.25, 0.3) is 0 Å². The number of aliphatic hydroxyl groups is 1. The molecule has 262 valence electrons. The number of amides is 2. The Bertz CT molecular complexity index is 1170. The van der Waals surface area contributed by atoms with E-state index >= 15 is 0 Å². The van der Waals surface area contributed by atoms with Crippen LogP contribution in [-0.2, 0) is 14.2 Å². The zero-order chi connectivity index (χ0) is 33.4. The quantitative estimate of drug-likeness (QED) is 0.271. The van der Waals surface area contributed by atoms with Gasteiger partial charge in [-0.05, 0) is 117 Å². The molecule has 0 radical (unpaired) electrons. The van der Waals surface area contributed by atoms with E-state index in [1.54, 1.807) is 7.11 Å². The number of hydrogen-bond donors (Lipinski definition) is 2. The summed E-state index contributed by atoms with van der Waals surface area (Å²) in [7, 11) is 1.74. The smallest absolute Gasteiger partial charge is 0.410 e. The molecule has 8 nitrogen and oxygen atoms in total. The van der Waals surface area contributed by atoms with Crippen molar-refractivity contribution in [1.29, 1.82) is 0 Å². The van der Waals surface area contributed by atoms with Gasteiger partial charge in [-0.1, -0.05) is 48.5 Å². The Morgan fingerprint density at radius 2 is 1.65 bits per heavy atom. The maximum absolute atomic E-state index is 12.9. The molecule has 2 N–H and O–H groups in total. The Labute approximate surface area is 278 Å². The van der Waals surface area contributed by atoms with Crippen LogP contribution in [0.3, 0.4) is 0 Å². The van der Waals surface area contributed by atoms with Gasteiger partial charge in [0.2, 0.25) is 0 Å². The second kappa shape index (κ2) is 11.8. The Hall–Kier alpha value is -1.54. The van der Waals surface area contributed by atoms with Gasteiger partial charge in [-0.2, -0.15) is 0 Å². The molecule has 0 aromatic carbocycles. The number of aliphatic hydroxyl groups excluding tert-OH is 1. The third-order valence-electron chi connectivity index (χ3n) is 15.7. The standard InChI is InChI=1S/C38H64N2O6/c1-10-39-32(42)46-31(23(2)3)26(44-9)20-24(4)25-21-29(41)36(8)28-13-12-27-34(5,6)30(45-33(43)40-18-11-19-40)14-15-37(27)22-38(28,37)17-16-35(25,36)7/h23-31,41H,10-22H2,1-9H3,(H,39,42)/t24-,25-,26?,27+,28?,29+,30+,31-,35-,36-,37-,38?/m1/s1. The van der Waals surface area contributed by atoms with E-state index in [-0.39, 0.29) is 58.8 Å². The lowest BCUT2D eigenvalue weighted by molar-refractivity contribution is -0.183. The van der Waals surface area contributed by atoms with Crippen LogP contribution in [0.5, 0.6) is 0 Å². The van der Waals surface area contributed by atoms with Crippen molar-refractivity contribution in [3.8, 4) is 0 Å². The van der Waals surface area contributed by atoms with Crippen LogP contribution < -0.4 is 5.32 Å². The van der Waals surface area contributed by atoms with Gasteiger partial charge in [0.1, 0.15) is 12.2 Å². The van der Waals surface area contributed by atoms with Crippen molar-refractivity contribution < 1.29 is 28.9 Å². The summed E-state index contributed by atoms with van der Waals surface area (Å²) in [6.07, 6.45) is 9.45. The molecule has 0 aromatic rings. The van der Waals surface area contributed by atoms with Gasteiger partial charge in [-0.3, -0.25) is 0 Å². The molecule has 12 atom stereocenters. The van der Waals surface area contributed by atoms with Crippen LogP contribution in [0.15, 0.2) is 0 Å². The number of fused-ring (bicyclic) bond motifs is 2. The van der Waals surface area contributed by atoms with Crippen molar-refractivity contribution in [1.82, 2.24) is 10.2 Å². The SMILES string of the molecule is CCNC(=O)O[C@H](C(C)C)C(C[C@@H](C)[C@H]1C[C@H](O)[C@@]2(C)C3CC[C@H]4C(C)(C)[C@@H](OC(=O)N5CCC5)CC[C@@]45CC35CC[C@]12C)OC. The maximum atomic E-state index is 12.9. The van der Waals surface area contributed by atoms with E-state index in [2.05, 4.69) is 53.8 Å². The second-order valence-corrected chi connectivity index (χ2v) is 17.9. The maximum Gasteiger partial charge on any atom is 0.410 e. The monoisotopic (exact) mass is 644 g/mol. The number of hydrogen-bond acceptors (Lipinski definition) is 6. The van der Waals surface area contributed by atoms with E-state index in [0.717, 1.165) is 64.5 Å². The fourth-order valence-corrected chi connectivity index (χ4v) is 13.0. The first kappa shape index (κ1) is 34.3. The number of likely N-dealkylation sites (tertiary alicyclic amines) is 1. The van der Waals surface area contributed by atoms with Gasteiger partial charge >= 0.3 is 12.2 Å². The second-order valence-electron chi connectivity index (χ2n) is 17.9. The number of methoxy groups -OCH3 is 1. The number of carbonyl (C=O) groups is 2. The lowest BCUT2D eigenvalue weighted by Gasteiger charge is -2.64. The number of nitrogens with zero attached hydrogens (tertiary/aromatic N) is 1. The molecule has 2 spiro atoms. The predicted octanol–water partition coefficient (Wildman–Crippen LogP) is 7.42. The molecule has 3 unspecified atom stereocenters. The van der Waals surface area contributed by atoms with Crippen molar-refractivity contribution >= 4 is 12.2 Å². The van der Waals surface area contributed by atoms with E-state index in [4.69, 9.17) is 14.2 Å². The number of nitrogens with one attached hydrogen (secondary N) is 1. The molecule has 1 saturated heterocycles. The Balaban J connectivity index is 1.20. The molecule has 1 heterocycles. The largest absolute Gasteiger partial charge is 0.446 e. The highest BCUT2D eigenvalue weighted by molar-refractivity contribution is 5.68. The molecule has 6 rings (SSSR count). The van der Waals surface area contributed by atoms with Crippen LogP contribution >= 0.6 is 0 Å². The summed E-state index contributed by atoms with van der Waals surface area (Å²) in [5.74, 6) is 1.89. The number of alkyl carbamates (subject to hydrolysis) is 1. The Morgan fingerprint density at radius 1 is 0.978 bits per heavy atom. The summed E-state index contributed by atoms with van der Waals surface area (Å²) >= 11 is 0. The molecule has 1 aliphatic heterocycles. The molecule has 6 aliphatic rings. The minimum Gasteiger partial charge on any atom is -0.446 e. The highest BCUT2D eigenvalue weighted by Gasteiger charge is 2.83. The minimum absolute atomic E-state index is 0.0161. The third-order valence-corrected chi connectivity index (χ3v) is 15.7. The first-order valence-electron chi connectivity index (χ1n) is 18.7. The summed E-state index contributed by atoms with van der Waals surface area (Å²) in [4.78, 5) is 27.1. The van der Waals surface area contributed by atoms with Crippen LogP contribution in [0.1, 0.15) is 120 Å². The summed E-state index contributed by atoms with van der Waals surface area (Å²) < 4.78 is 18.2. The van der Waals surface area contributed by atoms with Crippen molar-refractivity contribution in [2.45, 2.75) is 144 Å². The highest BCUT2D eigenvalue weighted by atomic mass is 16.6. The molecular weight excluding hydrogens is 580 g/mol. The van der Waals surface area contributed by atoms with Gasteiger partial charge in [0.15, 0.2) is 0 Å². The Kier molecular flexibility index (Phi) is 8.81. The summed E-state index contributed by atoms with van der Waals surface area (Å²) in [5, 5.41) is 14.9. The van der Waals surface area contributed by atoms with Crippen molar-refractivity contribution in [3.05, 3.63) is 0 Å². The van der Waals surface area contributed by atoms with Gasteiger partial charge in [0.05, 0.1) is 12.2 Å². The first-order chi connectivity index (χ1) is 21.6. The van der Waals surface area contributed by atoms with Gasteiger partial charge in [-0.15, -0.1) is 0 Å². The molecule has 5 saturated carbocycles. The fraction of sp³-hybridized carbons (Fsp3) is 0.947. The van der Waals surface area contributed by atoms with Gasteiger partial charge in [0, 0.05) is 37.6 Å². The highest BCUT2D eigenvalue weighted by Crippen LogP contribution is 2.89. The molecule has 8 heteroatoms. The zero-order valence-corrected chi connectivity index (χ0v) is 30.3. The van der Waals surface area contributed by atoms with E-state index in [9.17, 15) is 14.7 Å². The average molecular weight is 645 g/mol. The molecule has 5 aliphatic carbocycles. The fourth-order valence-electron chi connectivity index (χ4n) is 13.0. The average Bonchev–Trinajstić information content (AvgIpc) is 3.58. The number of carbonyl (C=O) groups excluding carboxylic acids is 2. The lowest BCUT2D eigenvalue weighted by Crippen LogP contribution is -2.60. The molecule has 0 bridgehead atoms. The molecule has 46 heavy (non-hydrogen) atoms. The molecule has 2 amide bonds. The van der Waals surface area contributed by atoms with Gasteiger partial charge in [-0.25, -0.2) is 9.59 Å². The molecule has 0 aromatic heterocycles. The molecular formula is C38H64N2O6. The van der Waals surface area contributed by atoms with Crippen LogP contribution in [-0.4, -0.2) is 73.4 Å². The van der Waals surface area contributed by atoms with E-state index in [0.29, 0.717) is 41.0 Å². The van der Waals surface area contributed by atoms with Crippen LogP contribution in [0.2, 0.25) is 0 Å². The lowest BCUT2D eigenvalue weighted by atomic mass is 9.41. The van der Waals surface area contributed by atoms with E-state index in [1.165, 1.54) is 12.8 Å². The predicted molar refractivity (Wildman–Crippen MR) is 178 cm³/mol. The Morgan fingerprint density at radius 3 is 2.26 bits per heavy atom. The van der Waals surface area contributed by atoms with Crippen LogP contribution in [0.4, 0.5) is 9.59 Å². The van der Waals surface area contributed by atoms with Crippen LogP contribution in [0, 0.1) is 56.7 Å². The van der Waals surface area contributed by atoms with Gasteiger partial charge in [0.25, 0.3) is 0 Å². The summed E-state index contributed by atoms with van der Waals surface area (Å²) in [6, 6.07) is 0. The number of rotatable bonds is 9. The van der Waals surface area contributed by atoms with E-state index in [1.807, 2.05) is 11.8 Å². The first-order valence-corrected chi connectivity index (χ1v) is 18.7. The summed E-state index contributed by atoms with van der Waals surface area (Å²) in [5.41, 5.74) is 0.462. The third kappa shape index (κ3) is 4.79.